The maximum atomic E-state index is 12.1. The summed E-state index contributed by atoms with van der Waals surface area (Å²) in [6.07, 6.45) is 2.27. The summed E-state index contributed by atoms with van der Waals surface area (Å²) in [6, 6.07) is 6.67. The van der Waals surface area contributed by atoms with Crippen LogP contribution in [0, 0.1) is 10.1 Å². The molecule has 1 aromatic carbocycles. The molecule has 1 heterocycles. The van der Waals surface area contributed by atoms with Crippen molar-refractivity contribution in [1.29, 1.82) is 0 Å². The van der Waals surface area contributed by atoms with Crippen molar-refractivity contribution < 1.29 is 14.8 Å². The number of aliphatic imine (C=N–C) groups is 1. The molecule has 0 radical (unpaired) electrons. The highest BCUT2D eigenvalue weighted by atomic mass is 32.1. The van der Waals surface area contributed by atoms with Gasteiger partial charge in [-0.2, -0.15) is 0 Å². The smallest absolute Gasteiger partial charge is 0.345 e. The number of aliphatic hydroxyl groups is 1. The number of Topliss-reactive ketones (excluding diaryl/α,β-unsaturated/α-hetero) is 1. The van der Waals surface area contributed by atoms with Crippen LogP contribution in [-0.2, 0) is 0 Å². The third-order valence-electron chi connectivity index (χ3n) is 2.89. The molecule has 3 rings (SSSR count). The number of benzene rings is 1. The zero-order valence-corrected chi connectivity index (χ0v) is 11.2. The Morgan fingerprint density at radius 3 is 2.67 bits per heavy atom. The van der Waals surface area contributed by atoms with Gasteiger partial charge in [-0.3, -0.25) is 14.9 Å². The molecule has 1 N–H and O–H groups in total. The number of thiazole rings is 1. The lowest BCUT2D eigenvalue weighted by molar-refractivity contribution is -0.380. The van der Waals surface area contributed by atoms with Gasteiger partial charge in [0.25, 0.3) is 0 Å². The van der Waals surface area contributed by atoms with Crippen molar-refractivity contribution in [2.24, 2.45) is 4.99 Å². The monoisotopic (exact) mass is 301 g/mol. The van der Waals surface area contributed by atoms with Crippen molar-refractivity contribution in [2.45, 2.75) is 0 Å². The van der Waals surface area contributed by atoms with E-state index >= 15 is 0 Å². The van der Waals surface area contributed by atoms with Crippen LogP contribution in [0.4, 0.5) is 10.1 Å². The van der Waals surface area contributed by atoms with Crippen LogP contribution in [0.5, 0.6) is 0 Å². The predicted molar refractivity (Wildman–Crippen MR) is 77.2 cm³/mol. The molecule has 0 saturated carbocycles. The van der Waals surface area contributed by atoms with Crippen LogP contribution in [0.25, 0.3) is 5.76 Å². The molecule has 104 valence electrons. The van der Waals surface area contributed by atoms with E-state index in [1.807, 2.05) is 0 Å². The highest BCUT2D eigenvalue weighted by molar-refractivity contribution is 7.18. The topological polar surface area (TPSA) is 106 Å². The number of rotatable bonds is 3. The summed E-state index contributed by atoms with van der Waals surface area (Å²) in [5, 5.41) is 20.6. The van der Waals surface area contributed by atoms with Gasteiger partial charge in [0.05, 0.1) is 10.5 Å². The number of aromatic nitrogens is 1. The molecule has 7 nitrogen and oxygen atoms in total. The fraction of sp³-hybridized carbons (Fsp3) is 0. The summed E-state index contributed by atoms with van der Waals surface area (Å²) in [4.78, 5) is 29.8. The van der Waals surface area contributed by atoms with E-state index < -0.39 is 4.92 Å². The van der Waals surface area contributed by atoms with Gasteiger partial charge in [0.1, 0.15) is 12.0 Å². The van der Waals surface area contributed by atoms with Crippen LogP contribution in [0.3, 0.4) is 0 Å². The third kappa shape index (κ3) is 2.21. The standard InChI is InChI=1S/C13H7N3O4S/c17-11-7-3-1-2-4-8(7)12(18)9(11)5-14-13-15-6-10(21-13)16(19)20/h1-6,17H/b14-5+. The number of fused-ring (bicyclic) bond motifs is 1. The first-order chi connectivity index (χ1) is 10.1. The van der Waals surface area contributed by atoms with Crippen molar-refractivity contribution in [3.8, 4) is 0 Å². The summed E-state index contributed by atoms with van der Waals surface area (Å²) in [5.74, 6) is -0.483. The van der Waals surface area contributed by atoms with Crippen molar-refractivity contribution in [1.82, 2.24) is 4.98 Å². The molecule has 8 heteroatoms. The first kappa shape index (κ1) is 13.1. The number of ketones is 1. The van der Waals surface area contributed by atoms with Crippen LogP contribution < -0.4 is 0 Å². The summed E-state index contributed by atoms with van der Waals surface area (Å²) in [6.45, 7) is 0. The normalized spacial score (nSPS) is 14.0. The molecule has 0 unspecified atom stereocenters. The Morgan fingerprint density at radius 1 is 1.33 bits per heavy atom. The first-order valence-electron chi connectivity index (χ1n) is 5.79. The van der Waals surface area contributed by atoms with E-state index in [0.29, 0.717) is 11.1 Å². The summed E-state index contributed by atoms with van der Waals surface area (Å²) >= 11 is 0.787. The molecular formula is C13H7N3O4S. The SMILES string of the molecule is O=C1C(/C=N/c2ncc([N+](=O)[O-])s2)=C(O)c2ccccc21. The molecule has 1 aromatic heterocycles. The second-order valence-corrected chi connectivity index (χ2v) is 5.12. The van der Waals surface area contributed by atoms with Crippen LogP contribution in [0.2, 0.25) is 0 Å². The van der Waals surface area contributed by atoms with E-state index in [9.17, 15) is 20.0 Å². The zero-order chi connectivity index (χ0) is 15.0. The Kier molecular flexibility index (Phi) is 3.07. The lowest BCUT2D eigenvalue weighted by atomic mass is 10.1. The molecule has 0 bridgehead atoms. The molecule has 0 fully saturated rings. The van der Waals surface area contributed by atoms with Gasteiger partial charge in [-0.25, -0.2) is 9.98 Å². The molecule has 0 saturated heterocycles. The maximum absolute atomic E-state index is 12.1. The predicted octanol–water partition coefficient (Wildman–Crippen LogP) is 2.92. The van der Waals surface area contributed by atoms with Gasteiger partial charge in [-0.1, -0.05) is 24.3 Å². The van der Waals surface area contributed by atoms with Gasteiger partial charge in [0, 0.05) is 17.3 Å². The highest BCUT2D eigenvalue weighted by Crippen LogP contribution is 2.31. The number of carbonyl (C=O) groups is 1. The Bertz CT molecular complexity index is 822. The molecule has 0 amide bonds. The molecule has 1 aliphatic rings. The second kappa shape index (κ2) is 4.91. The van der Waals surface area contributed by atoms with Crippen LogP contribution in [-0.4, -0.2) is 27.0 Å². The molecule has 0 aliphatic heterocycles. The number of carbonyl (C=O) groups excluding carboxylic acids is 1. The second-order valence-electron chi connectivity index (χ2n) is 4.13. The van der Waals surface area contributed by atoms with Crippen LogP contribution >= 0.6 is 11.3 Å². The quantitative estimate of drug-likeness (QED) is 0.533. The zero-order valence-electron chi connectivity index (χ0n) is 10.4. The Labute approximate surface area is 122 Å². The third-order valence-corrected chi connectivity index (χ3v) is 3.75. The van der Waals surface area contributed by atoms with Gasteiger partial charge in [0.15, 0.2) is 5.78 Å². The van der Waals surface area contributed by atoms with E-state index in [1.165, 1.54) is 6.21 Å². The number of hydrogen-bond donors (Lipinski definition) is 1. The lowest BCUT2D eigenvalue weighted by Gasteiger charge is -1.95. The Hall–Kier alpha value is -2.87. The van der Waals surface area contributed by atoms with Gasteiger partial charge in [0.2, 0.25) is 5.13 Å². The molecule has 0 spiro atoms. The lowest BCUT2D eigenvalue weighted by Crippen LogP contribution is -1.99. The average molecular weight is 301 g/mol. The number of aliphatic hydroxyl groups excluding tert-OH is 1. The van der Waals surface area contributed by atoms with E-state index in [-0.39, 0.29) is 27.2 Å². The largest absolute Gasteiger partial charge is 0.506 e. The molecular weight excluding hydrogens is 294 g/mol. The minimum Gasteiger partial charge on any atom is -0.506 e. The van der Waals surface area contributed by atoms with Gasteiger partial charge < -0.3 is 5.11 Å². The number of hydrogen-bond acceptors (Lipinski definition) is 7. The van der Waals surface area contributed by atoms with E-state index in [4.69, 9.17) is 0 Å². The number of allylic oxidation sites excluding steroid dienone is 1. The molecule has 2 aromatic rings. The highest BCUT2D eigenvalue weighted by Gasteiger charge is 2.28. The Balaban J connectivity index is 1.92. The van der Waals surface area contributed by atoms with Crippen molar-refractivity contribution in [3.05, 3.63) is 57.3 Å². The van der Waals surface area contributed by atoms with Crippen molar-refractivity contribution in [3.63, 3.8) is 0 Å². The summed E-state index contributed by atoms with van der Waals surface area (Å²) < 4.78 is 0. The summed E-state index contributed by atoms with van der Waals surface area (Å²) in [5.41, 5.74) is 0.907. The van der Waals surface area contributed by atoms with E-state index in [1.54, 1.807) is 24.3 Å². The summed E-state index contributed by atoms with van der Waals surface area (Å²) in [7, 11) is 0. The first-order valence-corrected chi connectivity index (χ1v) is 6.61. The molecule has 1 aliphatic carbocycles. The van der Waals surface area contributed by atoms with Gasteiger partial charge >= 0.3 is 5.00 Å². The average Bonchev–Trinajstić information content (AvgIpc) is 3.03. The van der Waals surface area contributed by atoms with E-state index in [0.717, 1.165) is 17.5 Å². The molecule has 0 atom stereocenters. The fourth-order valence-electron chi connectivity index (χ4n) is 1.93. The van der Waals surface area contributed by atoms with E-state index in [2.05, 4.69) is 9.98 Å². The fourth-order valence-corrected chi connectivity index (χ4v) is 2.50. The maximum Gasteiger partial charge on any atom is 0.345 e. The van der Waals surface area contributed by atoms with Crippen molar-refractivity contribution >= 4 is 39.2 Å². The van der Waals surface area contributed by atoms with Crippen LogP contribution in [0.1, 0.15) is 15.9 Å². The van der Waals surface area contributed by atoms with Gasteiger partial charge in [-0.05, 0) is 11.3 Å². The van der Waals surface area contributed by atoms with Crippen molar-refractivity contribution in [2.75, 3.05) is 0 Å². The minimum absolute atomic E-state index is 0.0500. The Morgan fingerprint density at radius 2 is 2.05 bits per heavy atom. The number of nitrogens with zero attached hydrogens (tertiary/aromatic N) is 3. The number of nitro groups is 1. The minimum atomic E-state index is -0.565. The van der Waals surface area contributed by atoms with Gasteiger partial charge in [-0.15, -0.1) is 0 Å². The van der Waals surface area contributed by atoms with Crippen LogP contribution in [0.15, 0.2) is 41.0 Å². The molecule has 21 heavy (non-hydrogen) atoms.